The molecule has 0 atom stereocenters. The Kier molecular flexibility index (Phi) is 5.54. The molecule has 1 saturated heterocycles. The number of rotatable bonds is 5. The van der Waals surface area contributed by atoms with E-state index in [1.165, 1.54) is 22.5 Å². The Hall–Kier alpha value is -2.01. The summed E-state index contributed by atoms with van der Waals surface area (Å²) in [7, 11) is -3.21. The van der Waals surface area contributed by atoms with Crippen LogP contribution in [0.5, 0.6) is 5.75 Å². The number of ether oxygens (including phenoxy) is 1. The SMILES string of the molecule is NC(=NCCN1CCCS1(=O)=O)Nc1ccccc1OC(F)(F)F. The summed E-state index contributed by atoms with van der Waals surface area (Å²) in [5.74, 6) is -0.456. The summed E-state index contributed by atoms with van der Waals surface area (Å²) in [4.78, 5) is 3.93. The summed E-state index contributed by atoms with van der Waals surface area (Å²) in [6.07, 6.45) is -4.25. The van der Waals surface area contributed by atoms with E-state index in [0.29, 0.717) is 13.0 Å². The van der Waals surface area contributed by atoms with Crippen LogP contribution in [0.2, 0.25) is 0 Å². The van der Waals surface area contributed by atoms with Gasteiger partial charge in [0.15, 0.2) is 11.7 Å². The zero-order valence-corrected chi connectivity index (χ0v) is 13.4. The summed E-state index contributed by atoms with van der Waals surface area (Å²) >= 11 is 0. The highest BCUT2D eigenvalue weighted by Crippen LogP contribution is 2.29. The molecule has 0 amide bonds. The van der Waals surface area contributed by atoms with Crippen LogP contribution in [0.15, 0.2) is 29.3 Å². The van der Waals surface area contributed by atoms with Crippen LogP contribution in [0, 0.1) is 0 Å². The predicted molar refractivity (Wildman–Crippen MR) is 83.2 cm³/mol. The van der Waals surface area contributed by atoms with Gasteiger partial charge in [0.05, 0.1) is 18.0 Å². The second-order valence-corrected chi connectivity index (χ2v) is 7.09. The van der Waals surface area contributed by atoms with Gasteiger partial charge in [0.1, 0.15) is 0 Å². The lowest BCUT2D eigenvalue weighted by atomic mass is 10.3. The van der Waals surface area contributed by atoms with E-state index in [2.05, 4.69) is 15.0 Å². The van der Waals surface area contributed by atoms with Gasteiger partial charge in [-0.05, 0) is 18.6 Å². The van der Waals surface area contributed by atoms with Crippen molar-refractivity contribution in [2.24, 2.45) is 10.7 Å². The van der Waals surface area contributed by atoms with E-state index in [4.69, 9.17) is 5.73 Å². The van der Waals surface area contributed by atoms with Gasteiger partial charge in [-0.15, -0.1) is 13.2 Å². The molecule has 1 aromatic rings. The maximum Gasteiger partial charge on any atom is 0.573 e. The van der Waals surface area contributed by atoms with E-state index < -0.39 is 22.1 Å². The molecule has 134 valence electrons. The fourth-order valence-electron chi connectivity index (χ4n) is 2.19. The number of nitrogens with zero attached hydrogens (tertiary/aromatic N) is 2. The first-order valence-corrected chi connectivity index (χ1v) is 8.68. The van der Waals surface area contributed by atoms with Crippen LogP contribution in [0.3, 0.4) is 0 Å². The first kappa shape index (κ1) is 18.3. The third-order valence-electron chi connectivity index (χ3n) is 3.21. The minimum atomic E-state index is -4.83. The number of para-hydroxylation sites is 2. The molecule has 7 nitrogen and oxygen atoms in total. The monoisotopic (exact) mass is 366 g/mol. The van der Waals surface area contributed by atoms with Gasteiger partial charge in [-0.1, -0.05) is 12.1 Å². The standard InChI is InChI=1S/C13H17F3N4O3S/c14-13(15,16)23-11-5-2-1-4-10(11)19-12(17)18-6-8-20-7-3-9-24(20,21)22/h1-2,4-5H,3,6-9H2,(H3,17,18,19). The average Bonchev–Trinajstić information content (AvgIpc) is 2.79. The average molecular weight is 366 g/mol. The Morgan fingerprint density at radius 2 is 2.08 bits per heavy atom. The van der Waals surface area contributed by atoms with Crippen molar-refractivity contribution in [3.63, 3.8) is 0 Å². The number of hydrogen-bond donors (Lipinski definition) is 2. The van der Waals surface area contributed by atoms with E-state index in [9.17, 15) is 21.6 Å². The number of sulfonamides is 1. The predicted octanol–water partition coefficient (Wildman–Crippen LogP) is 1.35. The number of guanidine groups is 1. The van der Waals surface area contributed by atoms with Crippen molar-refractivity contribution in [1.29, 1.82) is 0 Å². The van der Waals surface area contributed by atoms with Crippen LogP contribution >= 0.6 is 0 Å². The maximum absolute atomic E-state index is 12.3. The fraction of sp³-hybridized carbons (Fsp3) is 0.462. The highest BCUT2D eigenvalue weighted by molar-refractivity contribution is 7.89. The van der Waals surface area contributed by atoms with E-state index >= 15 is 0 Å². The van der Waals surface area contributed by atoms with Crippen molar-refractivity contribution in [2.45, 2.75) is 12.8 Å². The van der Waals surface area contributed by atoms with Crippen LogP contribution in [0.4, 0.5) is 18.9 Å². The molecule has 24 heavy (non-hydrogen) atoms. The second-order valence-electron chi connectivity index (χ2n) is 5.00. The van der Waals surface area contributed by atoms with Gasteiger partial charge >= 0.3 is 6.36 Å². The van der Waals surface area contributed by atoms with Crippen LogP contribution in [0.25, 0.3) is 0 Å². The summed E-state index contributed by atoms with van der Waals surface area (Å²) < 4.78 is 65.4. The normalized spacial score (nSPS) is 18.5. The van der Waals surface area contributed by atoms with Crippen LogP contribution in [0.1, 0.15) is 6.42 Å². The number of hydrogen-bond acceptors (Lipinski definition) is 4. The number of nitrogens with one attached hydrogen (secondary N) is 1. The molecular formula is C13H17F3N4O3S. The molecular weight excluding hydrogens is 349 g/mol. The molecule has 1 fully saturated rings. The van der Waals surface area contributed by atoms with Gasteiger partial charge in [-0.3, -0.25) is 4.99 Å². The van der Waals surface area contributed by atoms with Crippen LogP contribution < -0.4 is 15.8 Å². The number of alkyl halides is 3. The minimum Gasteiger partial charge on any atom is -0.404 e. The summed E-state index contributed by atoms with van der Waals surface area (Å²) in [6.45, 7) is 0.708. The summed E-state index contributed by atoms with van der Waals surface area (Å²) in [5, 5.41) is 2.51. The van der Waals surface area contributed by atoms with Crippen LogP contribution in [-0.2, 0) is 10.0 Å². The molecule has 1 aliphatic heterocycles. The van der Waals surface area contributed by atoms with Crippen molar-refractivity contribution in [1.82, 2.24) is 4.31 Å². The number of halogens is 3. The molecule has 2 rings (SSSR count). The number of aliphatic imine (C=N–C) groups is 1. The Labute approximate surface area is 137 Å². The molecule has 11 heteroatoms. The zero-order chi connectivity index (χ0) is 17.8. The number of benzene rings is 1. The summed E-state index contributed by atoms with van der Waals surface area (Å²) in [5.41, 5.74) is 5.63. The van der Waals surface area contributed by atoms with Crippen LogP contribution in [-0.4, -0.2) is 50.4 Å². The number of nitrogens with two attached hydrogens (primary N) is 1. The van der Waals surface area contributed by atoms with Gasteiger partial charge in [0, 0.05) is 13.1 Å². The van der Waals surface area contributed by atoms with Gasteiger partial charge in [0.25, 0.3) is 0 Å². The Morgan fingerprint density at radius 3 is 2.71 bits per heavy atom. The highest BCUT2D eigenvalue weighted by Gasteiger charge is 2.32. The van der Waals surface area contributed by atoms with E-state index in [1.54, 1.807) is 0 Å². The van der Waals surface area contributed by atoms with Gasteiger partial charge in [0.2, 0.25) is 10.0 Å². The first-order valence-electron chi connectivity index (χ1n) is 7.07. The molecule has 0 unspecified atom stereocenters. The molecule has 0 aromatic heterocycles. The smallest absolute Gasteiger partial charge is 0.404 e. The molecule has 0 bridgehead atoms. The van der Waals surface area contributed by atoms with Gasteiger partial charge in [-0.2, -0.15) is 0 Å². The largest absolute Gasteiger partial charge is 0.573 e. The third-order valence-corrected chi connectivity index (χ3v) is 5.17. The lowest BCUT2D eigenvalue weighted by Gasteiger charge is -2.15. The topological polar surface area (TPSA) is 97.0 Å². The van der Waals surface area contributed by atoms with Gasteiger partial charge in [-0.25, -0.2) is 12.7 Å². The van der Waals surface area contributed by atoms with E-state index in [0.717, 1.165) is 6.07 Å². The lowest BCUT2D eigenvalue weighted by Crippen LogP contribution is -2.30. The quantitative estimate of drug-likeness (QED) is 0.606. The Morgan fingerprint density at radius 1 is 1.38 bits per heavy atom. The second kappa shape index (κ2) is 7.26. The number of anilines is 1. The maximum atomic E-state index is 12.3. The fourth-order valence-corrected chi connectivity index (χ4v) is 3.70. The molecule has 3 N–H and O–H groups in total. The molecule has 0 aliphatic carbocycles. The van der Waals surface area contributed by atoms with Crippen molar-refractivity contribution in [3.8, 4) is 5.75 Å². The molecule has 0 spiro atoms. The Bertz CT molecular complexity index is 707. The molecule has 0 saturated carbocycles. The highest BCUT2D eigenvalue weighted by atomic mass is 32.2. The zero-order valence-electron chi connectivity index (χ0n) is 12.6. The van der Waals surface area contributed by atoms with Crippen molar-refractivity contribution < 1.29 is 26.3 Å². The van der Waals surface area contributed by atoms with Gasteiger partial charge < -0.3 is 15.8 Å². The lowest BCUT2D eigenvalue weighted by molar-refractivity contribution is -0.274. The molecule has 1 heterocycles. The molecule has 1 aliphatic rings. The molecule has 1 aromatic carbocycles. The van der Waals surface area contributed by atoms with E-state index in [-0.39, 0.29) is 30.5 Å². The Balaban J connectivity index is 1.95. The van der Waals surface area contributed by atoms with Crippen molar-refractivity contribution >= 4 is 21.7 Å². The third kappa shape index (κ3) is 5.27. The minimum absolute atomic E-state index is 0.00451. The van der Waals surface area contributed by atoms with E-state index in [1.807, 2.05) is 0 Å². The first-order chi connectivity index (χ1) is 11.2. The van der Waals surface area contributed by atoms with Crippen molar-refractivity contribution in [3.05, 3.63) is 24.3 Å². The van der Waals surface area contributed by atoms with Crippen molar-refractivity contribution in [2.75, 3.05) is 30.7 Å². The summed E-state index contributed by atoms with van der Waals surface area (Å²) in [6, 6.07) is 5.39. The molecule has 0 radical (unpaired) electrons.